The molecule has 0 aliphatic heterocycles. The van der Waals surface area contributed by atoms with Crippen LogP contribution in [0.3, 0.4) is 0 Å². The van der Waals surface area contributed by atoms with Crippen molar-refractivity contribution in [1.29, 1.82) is 0 Å². The number of carbonyl (C=O) groups excluding carboxylic acids is 3. The number of ketones is 2. The van der Waals surface area contributed by atoms with Crippen molar-refractivity contribution in [2.45, 2.75) is 33.8 Å². The third kappa shape index (κ3) is 4.52. The molecule has 1 atom stereocenters. The zero-order valence-corrected chi connectivity index (χ0v) is 15.8. The smallest absolute Gasteiger partial charge is 0.344 e. The van der Waals surface area contributed by atoms with Gasteiger partial charge < -0.3 is 14.5 Å². The second kappa shape index (κ2) is 8.19. The molecule has 0 spiro atoms. The quantitative estimate of drug-likeness (QED) is 0.587. The van der Waals surface area contributed by atoms with E-state index in [-0.39, 0.29) is 18.1 Å². The van der Waals surface area contributed by atoms with Gasteiger partial charge >= 0.3 is 5.97 Å². The molecule has 0 saturated carbocycles. The van der Waals surface area contributed by atoms with E-state index < -0.39 is 17.9 Å². The van der Waals surface area contributed by atoms with Crippen molar-refractivity contribution >= 4 is 29.1 Å². The first kappa shape index (κ1) is 19.7. The fourth-order valence-corrected chi connectivity index (χ4v) is 2.81. The van der Waals surface area contributed by atoms with Crippen molar-refractivity contribution in [2.75, 3.05) is 6.61 Å². The number of esters is 1. The summed E-state index contributed by atoms with van der Waals surface area (Å²) in [7, 11) is 0. The minimum Gasteiger partial charge on any atom is -0.482 e. The Kier molecular flexibility index (Phi) is 6.21. The van der Waals surface area contributed by atoms with Crippen LogP contribution in [0.4, 0.5) is 0 Å². The van der Waals surface area contributed by atoms with Crippen LogP contribution in [-0.2, 0) is 9.53 Å². The Morgan fingerprint density at radius 2 is 1.77 bits per heavy atom. The number of nitrogens with one attached hydrogen (secondary N) is 1. The van der Waals surface area contributed by atoms with Gasteiger partial charge in [0, 0.05) is 16.3 Å². The topological polar surface area (TPSA) is 85.5 Å². The van der Waals surface area contributed by atoms with Crippen molar-refractivity contribution in [3.63, 3.8) is 0 Å². The van der Waals surface area contributed by atoms with Crippen LogP contribution in [0.15, 0.2) is 24.3 Å². The number of rotatable bonds is 7. The van der Waals surface area contributed by atoms with Crippen LogP contribution in [0.1, 0.15) is 46.0 Å². The number of halogens is 1. The van der Waals surface area contributed by atoms with Crippen molar-refractivity contribution in [3.8, 4) is 5.75 Å². The van der Waals surface area contributed by atoms with E-state index in [9.17, 15) is 14.4 Å². The first-order valence-electron chi connectivity index (χ1n) is 8.02. The Bertz CT molecular complexity index is 838. The molecule has 0 radical (unpaired) electrons. The molecule has 2 rings (SSSR count). The normalized spacial score (nSPS) is 11.7. The average molecular weight is 378 g/mol. The number of Topliss-reactive ketones (excluding diaryl/α,β-unsaturated/α-hetero) is 2. The number of carbonyl (C=O) groups is 3. The van der Waals surface area contributed by atoms with Gasteiger partial charge in [-0.1, -0.05) is 11.6 Å². The predicted molar refractivity (Wildman–Crippen MR) is 97.1 cm³/mol. The van der Waals surface area contributed by atoms with Gasteiger partial charge in [-0.15, -0.1) is 0 Å². The van der Waals surface area contributed by atoms with Gasteiger partial charge in [-0.2, -0.15) is 0 Å². The first-order valence-corrected chi connectivity index (χ1v) is 8.40. The molecule has 7 heteroatoms. The zero-order chi connectivity index (χ0) is 19.4. The number of ether oxygens (including phenoxy) is 2. The largest absolute Gasteiger partial charge is 0.482 e. The minimum atomic E-state index is -1.01. The maximum atomic E-state index is 12.5. The van der Waals surface area contributed by atoms with Gasteiger partial charge in [-0.25, -0.2) is 4.79 Å². The lowest BCUT2D eigenvalue weighted by atomic mass is 10.0. The van der Waals surface area contributed by atoms with Gasteiger partial charge in [0.15, 0.2) is 18.5 Å². The standard InChI is InChI=1S/C19H20ClNO5/c1-10-17(12(3)22)11(2)21-18(10)19(24)13(4)26-16(23)9-25-15-7-5-14(20)6-8-15/h5-8,13,21H,9H2,1-4H3/t13-/m1/s1. The van der Waals surface area contributed by atoms with E-state index >= 15 is 0 Å². The molecule has 2 aromatic rings. The first-order chi connectivity index (χ1) is 12.2. The Morgan fingerprint density at radius 1 is 1.15 bits per heavy atom. The summed E-state index contributed by atoms with van der Waals surface area (Å²) in [6, 6.07) is 6.52. The van der Waals surface area contributed by atoms with Crippen molar-refractivity contribution in [2.24, 2.45) is 0 Å². The Morgan fingerprint density at radius 3 is 2.31 bits per heavy atom. The van der Waals surface area contributed by atoms with Gasteiger partial charge in [0.1, 0.15) is 5.75 Å². The average Bonchev–Trinajstić information content (AvgIpc) is 2.88. The van der Waals surface area contributed by atoms with Crippen LogP contribution in [-0.4, -0.2) is 35.2 Å². The van der Waals surface area contributed by atoms with Gasteiger partial charge in [0.25, 0.3) is 0 Å². The zero-order valence-electron chi connectivity index (χ0n) is 15.0. The molecule has 0 bridgehead atoms. The highest BCUT2D eigenvalue weighted by molar-refractivity contribution is 6.30. The third-order valence-electron chi connectivity index (χ3n) is 3.88. The number of aryl methyl sites for hydroxylation is 1. The van der Waals surface area contributed by atoms with Gasteiger partial charge in [0.05, 0.1) is 5.69 Å². The lowest BCUT2D eigenvalue weighted by Gasteiger charge is -2.13. The maximum absolute atomic E-state index is 12.5. The van der Waals surface area contributed by atoms with Crippen molar-refractivity contribution in [1.82, 2.24) is 4.98 Å². The van der Waals surface area contributed by atoms with Crippen molar-refractivity contribution < 1.29 is 23.9 Å². The fourth-order valence-electron chi connectivity index (χ4n) is 2.69. The van der Waals surface area contributed by atoms with Crippen LogP contribution in [0.5, 0.6) is 5.75 Å². The molecule has 26 heavy (non-hydrogen) atoms. The molecule has 0 amide bonds. The van der Waals surface area contributed by atoms with Crippen LogP contribution < -0.4 is 4.74 Å². The molecule has 0 fully saturated rings. The van der Waals surface area contributed by atoms with E-state index in [0.717, 1.165) is 0 Å². The molecule has 6 nitrogen and oxygen atoms in total. The van der Waals surface area contributed by atoms with E-state index in [2.05, 4.69) is 4.98 Å². The summed E-state index contributed by atoms with van der Waals surface area (Å²) in [6.07, 6.45) is -1.01. The highest BCUT2D eigenvalue weighted by atomic mass is 35.5. The molecule has 138 valence electrons. The van der Waals surface area contributed by atoms with E-state index in [4.69, 9.17) is 21.1 Å². The summed E-state index contributed by atoms with van der Waals surface area (Å²) in [4.78, 5) is 39.0. The Balaban J connectivity index is 1.98. The fraction of sp³-hybridized carbons (Fsp3) is 0.316. The molecule has 1 aromatic carbocycles. The number of H-pyrrole nitrogens is 1. The SMILES string of the molecule is CC(=O)c1c(C)[nH]c(C(=O)[C@@H](C)OC(=O)COc2ccc(Cl)cc2)c1C. The molecule has 0 aliphatic carbocycles. The highest BCUT2D eigenvalue weighted by Crippen LogP contribution is 2.20. The number of hydrogen-bond acceptors (Lipinski definition) is 5. The summed E-state index contributed by atoms with van der Waals surface area (Å²) in [5.41, 5.74) is 1.92. The van der Waals surface area contributed by atoms with Crippen LogP contribution >= 0.6 is 11.6 Å². The van der Waals surface area contributed by atoms with Gasteiger partial charge in [-0.3, -0.25) is 9.59 Å². The van der Waals surface area contributed by atoms with E-state index in [1.54, 1.807) is 38.1 Å². The van der Waals surface area contributed by atoms with Crippen LogP contribution in [0.2, 0.25) is 5.02 Å². The highest BCUT2D eigenvalue weighted by Gasteiger charge is 2.26. The second-order valence-corrected chi connectivity index (χ2v) is 6.36. The lowest BCUT2D eigenvalue weighted by Crippen LogP contribution is -2.28. The van der Waals surface area contributed by atoms with Crippen molar-refractivity contribution in [3.05, 3.63) is 51.8 Å². The summed E-state index contributed by atoms with van der Waals surface area (Å²) in [5.74, 6) is -0.741. The molecule has 0 saturated heterocycles. The van der Waals surface area contributed by atoms with Gasteiger partial charge in [0.2, 0.25) is 5.78 Å². The molecule has 0 unspecified atom stereocenters. The van der Waals surface area contributed by atoms with Gasteiger partial charge in [-0.05, 0) is 57.5 Å². The predicted octanol–water partition coefficient (Wildman–Crippen LogP) is 3.68. The number of benzene rings is 1. The molecule has 0 aliphatic rings. The molecule has 1 N–H and O–H groups in total. The second-order valence-electron chi connectivity index (χ2n) is 5.92. The van der Waals surface area contributed by atoms with Crippen LogP contribution in [0, 0.1) is 13.8 Å². The monoisotopic (exact) mass is 377 g/mol. The maximum Gasteiger partial charge on any atom is 0.344 e. The number of hydrogen-bond donors (Lipinski definition) is 1. The van der Waals surface area contributed by atoms with E-state index in [0.29, 0.717) is 27.6 Å². The number of aromatic nitrogens is 1. The lowest BCUT2D eigenvalue weighted by molar-refractivity contribution is -0.148. The summed E-state index contributed by atoms with van der Waals surface area (Å²) < 4.78 is 10.4. The molecule has 1 aromatic heterocycles. The molecular formula is C19H20ClNO5. The summed E-state index contributed by atoms with van der Waals surface area (Å²) >= 11 is 5.77. The third-order valence-corrected chi connectivity index (χ3v) is 4.14. The minimum absolute atomic E-state index is 0.128. The molecule has 1 heterocycles. The summed E-state index contributed by atoms with van der Waals surface area (Å²) in [6.45, 7) is 5.99. The van der Waals surface area contributed by atoms with E-state index in [1.807, 2.05) is 0 Å². The Labute approximate surface area is 156 Å². The summed E-state index contributed by atoms with van der Waals surface area (Å²) in [5, 5.41) is 0.556. The Hall–Kier alpha value is -2.60. The molecular weight excluding hydrogens is 358 g/mol. The van der Waals surface area contributed by atoms with Crippen LogP contribution in [0.25, 0.3) is 0 Å². The van der Waals surface area contributed by atoms with E-state index in [1.165, 1.54) is 13.8 Å². The number of aromatic amines is 1.